The molecule has 0 rings (SSSR count). The van der Waals surface area contributed by atoms with E-state index in [-0.39, 0.29) is 19.1 Å². The second-order valence-electron chi connectivity index (χ2n) is 23.1. The van der Waals surface area contributed by atoms with Crippen molar-refractivity contribution in [2.45, 2.75) is 341 Å². The summed E-state index contributed by atoms with van der Waals surface area (Å²) in [6.45, 7) is 4.89. The van der Waals surface area contributed by atoms with Crippen molar-refractivity contribution in [3.63, 3.8) is 0 Å². The van der Waals surface area contributed by atoms with Crippen LogP contribution in [-0.4, -0.2) is 73.4 Å². The van der Waals surface area contributed by atoms with Crippen LogP contribution in [0.2, 0.25) is 0 Å². The van der Waals surface area contributed by atoms with Crippen LogP contribution in [0.1, 0.15) is 328 Å². The smallest absolute Gasteiger partial charge is 0.391 e. The number of carbonyl (C=O) groups is 1. The third-order valence-electron chi connectivity index (χ3n) is 14.8. The lowest BCUT2D eigenvalue weighted by atomic mass is 10.0. The van der Waals surface area contributed by atoms with Gasteiger partial charge < -0.3 is 19.8 Å². The second-order valence-corrected chi connectivity index (χ2v) is 24.6. The van der Waals surface area contributed by atoms with Gasteiger partial charge in [0.1, 0.15) is 13.2 Å². The normalized spacial score (nSPS) is 13.8. The van der Waals surface area contributed by atoms with Crippen LogP contribution in [0.15, 0.2) is 12.2 Å². The van der Waals surface area contributed by atoms with E-state index >= 15 is 0 Å². The predicted octanol–water partition coefficient (Wildman–Crippen LogP) is 19.4. The van der Waals surface area contributed by atoms with Crippen LogP contribution in [0.4, 0.5) is 0 Å². The number of aliphatic hydroxyl groups excluding tert-OH is 1. The minimum atomic E-state index is -4.31. The summed E-state index contributed by atoms with van der Waals surface area (Å²) in [5, 5.41) is 13.9. The topological polar surface area (TPSA) is 105 Å². The molecule has 0 aromatic carbocycles. The molecular weight excluding hydrogens is 900 g/mol. The highest BCUT2D eigenvalue weighted by molar-refractivity contribution is 7.47. The number of aliphatic hydroxyl groups is 1. The van der Waals surface area contributed by atoms with Gasteiger partial charge in [0, 0.05) is 6.42 Å². The molecule has 0 saturated carbocycles. The molecule has 0 aliphatic heterocycles. The van der Waals surface area contributed by atoms with E-state index in [1.54, 1.807) is 0 Å². The van der Waals surface area contributed by atoms with Crippen LogP contribution in [-0.2, 0) is 18.4 Å². The number of amides is 1. The minimum absolute atomic E-state index is 0.0777. The molecule has 424 valence electrons. The van der Waals surface area contributed by atoms with E-state index in [2.05, 4.69) is 31.3 Å². The Balaban J connectivity index is 3.68. The quantitative estimate of drug-likeness (QED) is 0.0243. The molecule has 0 spiro atoms. The third kappa shape index (κ3) is 56.8. The summed E-state index contributed by atoms with van der Waals surface area (Å²) in [7, 11) is 1.63. The number of phosphoric acid groups is 1. The highest BCUT2D eigenvalue weighted by Gasteiger charge is 2.28. The van der Waals surface area contributed by atoms with E-state index in [1.165, 1.54) is 263 Å². The fourth-order valence-corrected chi connectivity index (χ4v) is 10.5. The first-order valence-corrected chi connectivity index (χ1v) is 33.0. The maximum Gasteiger partial charge on any atom is 0.472 e. The summed E-state index contributed by atoms with van der Waals surface area (Å²) < 4.78 is 23.6. The van der Waals surface area contributed by atoms with Crippen LogP contribution in [0, 0.1) is 0 Å². The molecule has 0 radical (unpaired) electrons. The lowest BCUT2D eigenvalue weighted by molar-refractivity contribution is -0.870. The van der Waals surface area contributed by atoms with E-state index in [4.69, 9.17) is 9.05 Å². The Labute approximate surface area is 443 Å². The fourth-order valence-electron chi connectivity index (χ4n) is 9.81. The number of hydrogen-bond donors (Lipinski definition) is 3. The second kappa shape index (κ2) is 54.0. The van der Waals surface area contributed by atoms with Crippen molar-refractivity contribution in [1.82, 2.24) is 5.32 Å². The molecule has 3 N–H and O–H groups in total. The van der Waals surface area contributed by atoms with E-state index in [0.717, 1.165) is 38.5 Å². The summed E-state index contributed by atoms with van der Waals surface area (Å²) in [6.07, 6.45) is 67.8. The Morgan fingerprint density at radius 3 is 1.08 bits per heavy atom. The van der Waals surface area contributed by atoms with Gasteiger partial charge in [-0.15, -0.1) is 0 Å². The fraction of sp³-hybridized carbons (Fsp3) is 0.952. The standard InChI is InChI=1S/C62H125N2O6P/c1-6-8-10-12-14-16-17-18-19-20-21-22-23-24-25-26-27-28-29-30-31-32-33-34-35-36-37-38-39-40-41-42-43-44-45-46-47-48-50-52-54-56-62(66)63-60(59-70-71(67,68)69-58-57-64(3,4)5)61(65)55-53-51-49-15-13-11-9-7-2/h20-21,60-61,65H,6-19,22-59H2,1-5H3,(H-,63,66,67,68)/p+1/b21-20-. The molecular formula is C62H126N2O6P+. The molecule has 8 nitrogen and oxygen atoms in total. The van der Waals surface area contributed by atoms with Crippen LogP contribution in [0.25, 0.3) is 0 Å². The van der Waals surface area contributed by atoms with Gasteiger partial charge in [-0.2, -0.15) is 0 Å². The molecule has 9 heteroatoms. The van der Waals surface area contributed by atoms with Crippen molar-refractivity contribution in [1.29, 1.82) is 0 Å². The Morgan fingerprint density at radius 1 is 0.465 bits per heavy atom. The van der Waals surface area contributed by atoms with Crippen molar-refractivity contribution in [3.8, 4) is 0 Å². The number of nitrogens with zero attached hydrogens (tertiary/aromatic N) is 1. The zero-order chi connectivity index (χ0) is 52.0. The molecule has 0 aromatic rings. The Hall–Kier alpha value is -0.760. The van der Waals surface area contributed by atoms with Crippen molar-refractivity contribution < 1.29 is 32.9 Å². The highest BCUT2D eigenvalue weighted by Crippen LogP contribution is 2.43. The average molecular weight is 1030 g/mol. The molecule has 71 heavy (non-hydrogen) atoms. The first-order valence-electron chi connectivity index (χ1n) is 31.6. The number of hydrogen-bond acceptors (Lipinski definition) is 5. The van der Waals surface area contributed by atoms with E-state index in [0.29, 0.717) is 23.9 Å². The Kier molecular flexibility index (Phi) is 53.5. The summed E-state index contributed by atoms with van der Waals surface area (Å²) in [5.41, 5.74) is 0. The number of carbonyl (C=O) groups excluding carboxylic acids is 1. The molecule has 3 atom stereocenters. The van der Waals surface area contributed by atoms with Gasteiger partial charge in [0.05, 0.1) is 39.9 Å². The lowest BCUT2D eigenvalue weighted by Crippen LogP contribution is -2.46. The molecule has 0 aliphatic rings. The van der Waals surface area contributed by atoms with E-state index < -0.39 is 20.0 Å². The van der Waals surface area contributed by atoms with Crippen molar-refractivity contribution >= 4 is 13.7 Å². The molecule has 3 unspecified atom stereocenters. The summed E-state index contributed by atoms with van der Waals surface area (Å²) >= 11 is 0. The average Bonchev–Trinajstić information content (AvgIpc) is 3.33. The number of quaternary nitrogens is 1. The third-order valence-corrected chi connectivity index (χ3v) is 15.7. The number of unbranched alkanes of at least 4 members (excludes halogenated alkanes) is 44. The summed E-state index contributed by atoms with van der Waals surface area (Å²) in [6, 6.07) is -0.754. The van der Waals surface area contributed by atoms with Gasteiger partial charge in [0.25, 0.3) is 0 Å². The lowest BCUT2D eigenvalue weighted by Gasteiger charge is -2.26. The molecule has 0 fully saturated rings. The molecule has 0 saturated heterocycles. The first-order chi connectivity index (χ1) is 34.5. The van der Waals surface area contributed by atoms with Crippen molar-refractivity contribution in [3.05, 3.63) is 12.2 Å². The van der Waals surface area contributed by atoms with Crippen LogP contribution in [0.5, 0.6) is 0 Å². The molecule has 1 amide bonds. The zero-order valence-corrected chi connectivity index (χ0v) is 49.4. The molecule has 0 aliphatic carbocycles. The zero-order valence-electron chi connectivity index (χ0n) is 48.5. The Bertz CT molecular complexity index is 1160. The largest absolute Gasteiger partial charge is 0.472 e. The van der Waals surface area contributed by atoms with E-state index in [1.807, 2.05) is 21.1 Å². The van der Waals surface area contributed by atoms with Gasteiger partial charge in [0.15, 0.2) is 0 Å². The maximum atomic E-state index is 12.9. The van der Waals surface area contributed by atoms with Crippen molar-refractivity contribution in [2.24, 2.45) is 0 Å². The summed E-state index contributed by atoms with van der Waals surface area (Å²) in [5.74, 6) is -0.141. The van der Waals surface area contributed by atoms with Crippen LogP contribution in [0.3, 0.4) is 0 Å². The van der Waals surface area contributed by atoms with E-state index in [9.17, 15) is 19.4 Å². The molecule has 0 heterocycles. The number of allylic oxidation sites excluding steroid dienone is 2. The number of rotatable bonds is 59. The summed E-state index contributed by atoms with van der Waals surface area (Å²) in [4.78, 5) is 23.2. The van der Waals surface area contributed by atoms with Gasteiger partial charge in [-0.05, 0) is 38.5 Å². The van der Waals surface area contributed by atoms with Gasteiger partial charge in [0.2, 0.25) is 5.91 Å². The first kappa shape index (κ1) is 70.2. The SMILES string of the molecule is CCCCCCCCCC/C=C\CCCCCCCCCCCCCCCCCCCCCCCCCCCCCCCC(=O)NC(COP(=O)(O)OCC[N+](C)(C)C)C(O)CCCCCCCCCC. The maximum absolute atomic E-state index is 12.9. The van der Waals surface area contributed by atoms with Crippen LogP contribution < -0.4 is 5.32 Å². The predicted molar refractivity (Wildman–Crippen MR) is 309 cm³/mol. The minimum Gasteiger partial charge on any atom is -0.391 e. The highest BCUT2D eigenvalue weighted by atomic mass is 31.2. The van der Waals surface area contributed by atoms with Gasteiger partial charge >= 0.3 is 7.82 Å². The monoisotopic (exact) mass is 1030 g/mol. The number of phosphoric ester groups is 1. The number of nitrogens with one attached hydrogen (secondary N) is 1. The van der Waals surface area contributed by atoms with Gasteiger partial charge in [-0.1, -0.05) is 296 Å². The Morgan fingerprint density at radius 2 is 0.761 bits per heavy atom. The van der Waals surface area contributed by atoms with Gasteiger partial charge in [-0.3, -0.25) is 13.8 Å². The van der Waals surface area contributed by atoms with Gasteiger partial charge in [-0.25, -0.2) is 4.57 Å². The van der Waals surface area contributed by atoms with Crippen LogP contribution >= 0.6 is 7.82 Å². The molecule has 0 bridgehead atoms. The molecule has 0 aromatic heterocycles. The number of likely N-dealkylation sites (N-methyl/N-ethyl adjacent to an activating group) is 1. The van der Waals surface area contributed by atoms with Crippen molar-refractivity contribution in [2.75, 3.05) is 40.9 Å².